The van der Waals surface area contributed by atoms with Gasteiger partial charge in [0.2, 0.25) is 0 Å². The number of likely N-dealkylation sites (tertiary alicyclic amines) is 1. The average Bonchev–Trinajstić information content (AvgIpc) is 3.31. The van der Waals surface area contributed by atoms with Crippen LogP contribution in [-0.4, -0.2) is 68.0 Å². The number of halogens is 2. The summed E-state index contributed by atoms with van der Waals surface area (Å²) in [7, 11) is 0. The fourth-order valence-corrected chi connectivity index (χ4v) is 5.89. The first-order chi connectivity index (χ1) is 19.7. The molecule has 2 aromatic carbocycles. The summed E-state index contributed by atoms with van der Waals surface area (Å²) in [6.45, 7) is 4.03. The first-order valence-electron chi connectivity index (χ1n) is 13.7. The van der Waals surface area contributed by atoms with Gasteiger partial charge in [-0.3, -0.25) is 18.7 Å². The van der Waals surface area contributed by atoms with E-state index in [1.807, 2.05) is 31.2 Å². The van der Waals surface area contributed by atoms with Crippen LogP contribution in [0, 0.1) is 5.82 Å². The lowest BCUT2D eigenvalue weighted by atomic mass is 9.91. The Morgan fingerprint density at radius 3 is 2.63 bits per heavy atom. The Hall–Kier alpha value is -3.57. The molecule has 0 bridgehead atoms. The van der Waals surface area contributed by atoms with Gasteiger partial charge in [-0.2, -0.15) is 0 Å². The molecule has 0 radical (unpaired) electrons. The summed E-state index contributed by atoms with van der Waals surface area (Å²) in [4.78, 5) is 32.3. The number of hydrogen-bond acceptors (Lipinski definition) is 6. The van der Waals surface area contributed by atoms with Crippen molar-refractivity contribution in [1.82, 2.24) is 24.3 Å². The van der Waals surface area contributed by atoms with Gasteiger partial charge >= 0.3 is 0 Å². The fraction of sp³-hybridized carbons (Fsp3) is 0.367. The Kier molecular flexibility index (Phi) is 7.41. The zero-order valence-corrected chi connectivity index (χ0v) is 23.4. The van der Waals surface area contributed by atoms with E-state index in [4.69, 9.17) is 16.3 Å². The van der Waals surface area contributed by atoms with E-state index in [1.165, 1.54) is 29.1 Å². The molecule has 0 spiro atoms. The maximum Gasteiger partial charge on any atom is 0.262 e. The third kappa shape index (κ3) is 5.52. The number of piperidine rings is 1. The van der Waals surface area contributed by atoms with Crippen molar-refractivity contribution in [1.29, 1.82) is 0 Å². The smallest absolute Gasteiger partial charge is 0.262 e. The Labute approximate surface area is 241 Å². The topological polar surface area (TPSA) is 102 Å². The molecule has 41 heavy (non-hydrogen) atoms. The van der Waals surface area contributed by atoms with Gasteiger partial charge in [0, 0.05) is 30.9 Å². The summed E-state index contributed by atoms with van der Waals surface area (Å²) >= 11 is 6.59. The number of carbonyl (C=O) groups excluding carboxylic acids is 1. The highest BCUT2D eigenvalue weighted by Crippen LogP contribution is 2.28. The number of ether oxygens (including phenoxy) is 1. The number of fused-ring (bicyclic) bond motifs is 1. The van der Waals surface area contributed by atoms with Crippen LogP contribution in [0.3, 0.4) is 0 Å². The molecule has 2 aromatic heterocycles. The quantitative estimate of drug-likeness (QED) is 0.374. The van der Waals surface area contributed by atoms with E-state index in [1.54, 1.807) is 21.6 Å². The molecule has 2 N–H and O–H groups in total. The molecule has 11 heteroatoms. The molecule has 4 heterocycles. The summed E-state index contributed by atoms with van der Waals surface area (Å²) in [6, 6.07) is 15.2. The van der Waals surface area contributed by atoms with E-state index in [0.717, 1.165) is 17.8 Å². The van der Waals surface area contributed by atoms with Crippen LogP contribution in [0.15, 0.2) is 65.7 Å². The molecule has 0 saturated carbocycles. The van der Waals surface area contributed by atoms with Crippen molar-refractivity contribution < 1.29 is 19.0 Å². The number of hydrogen-bond donors (Lipinski definition) is 2. The molecule has 2 aliphatic heterocycles. The minimum Gasteiger partial charge on any atom is -0.388 e. The monoisotopic (exact) mass is 579 g/mol. The van der Waals surface area contributed by atoms with Crippen LogP contribution in [-0.2, 0) is 11.3 Å². The van der Waals surface area contributed by atoms with Gasteiger partial charge < -0.3 is 20.1 Å². The lowest BCUT2D eigenvalue weighted by molar-refractivity contribution is -0.0299. The van der Waals surface area contributed by atoms with Crippen LogP contribution < -0.4 is 10.9 Å². The zero-order chi connectivity index (χ0) is 28.7. The molecule has 9 nitrogen and oxygen atoms in total. The van der Waals surface area contributed by atoms with Gasteiger partial charge in [0.15, 0.2) is 5.65 Å². The number of nitrogens with zero attached hydrogens (tertiary/aromatic N) is 4. The summed E-state index contributed by atoms with van der Waals surface area (Å²) in [5, 5.41) is 15.5. The number of rotatable bonds is 5. The van der Waals surface area contributed by atoms with Crippen LogP contribution in [0.5, 0.6) is 0 Å². The Bertz CT molecular complexity index is 1640. The maximum absolute atomic E-state index is 13.6. The number of carbonyl (C=O) groups is 1. The van der Waals surface area contributed by atoms with Gasteiger partial charge in [-0.15, -0.1) is 0 Å². The standard InChI is InChI=1S/C30H31ClFN5O4/c1-19-15-33-25(16-41-19)20-5-7-23(8-6-20)37-26(31)14-24-27(37)34-18-36(29(24)39)17-30(40)9-11-35(12-10-30)28(38)21-3-2-4-22(32)13-21/h2-8,13-14,18-19,25,33,40H,9-12,15-17H2,1H3/t19-,25-/m0/s1. The minimum absolute atomic E-state index is 0.0311. The minimum atomic E-state index is -1.20. The second-order valence-corrected chi connectivity index (χ2v) is 11.3. The third-order valence-electron chi connectivity index (χ3n) is 8.01. The van der Waals surface area contributed by atoms with Crippen molar-refractivity contribution in [3.63, 3.8) is 0 Å². The van der Waals surface area contributed by atoms with Gasteiger partial charge in [0.05, 0.1) is 36.3 Å². The zero-order valence-electron chi connectivity index (χ0n) is 22.6. The van der Waals surface area contributed by atoms with Crippen LogP contribution in [0.1, 0.15) is 41.7 Å². The summed E-state index contributed by atoms with van der Waals surface area (Å²) in [5.41, 5.74) is 1.06. The van der Waals surface area contributed by atoms with E-state index >= 15 is 0 Å². The lowest BCUT2D eigenvalue weighted by Crippen LogP contribution is -2.49. The van der Waals surface area contributed by atoms with E-state index in [9.17, 15) is 19.1 Å². The molecule has 2 aliphatic rings. The molecule has 2 saturated heterocycles. The predicted octanol–water partition coefficient (Wildman–Crippen LogP) is 3.70. The van der Waals surface area contributed by atoms with Crippen LogP contribution in [0.4, 0.5) is 4.39 Å². The predicted molar refractivity (Wildman–Crippen MR) is 153 cm³/mol. The van der Waals surface area contributed by atoms with E-state index in [0.29, 0.717) is 22.8 Å². The molecular weight excluding hydrogens is 549 g/mol. The molecule has 0 unspecified atom stereocenters. The van der Waals surface area contributed by atoms with Crippen LogP contribution in [0.2, 0.25) is 5.15 Å². The number of amides is 1. The molecule has 0 aliphatic carbocycles. The number of aromatic nitrogens is 3. The van der Waals surface area contributed by atoms with Gasteiger partial charge in [0.25, 0.3) is 11.5 Å². The first kappa shape index (κ1) is 27.6. The van der Waals surface area contributed by atoms with Crippen LogP contribution in [0.25, 0.3) is 16.7 Å². The van der Waals surface area contributed by atoms with Crippen molar-refractivity contribution in [3.05, 3.63) is 93.4 Å². The molecule has 1 amide bonds. The number of benzene rings is 2. The van der Waals surface area contributed by atoms with E-state index in [2.05, 4.69) is 10.3 Å². The molecular formula is C30H31ClFN5O4. The summed E-state index contributed by atoms with van der Waals surface area (Å²) < 4.78 is 22.4. The van der Waals surface area contributed by atoms with Crippen molar-refractivity contribution in [3.8, 4) is 5.69 Å². The molecule has 214 valence electrons. The van der Waals surface area contributed by atoms with Crippen molar-refractivity contribution in [2.24, 2.45) is 0 Å². The van der Waals surface area contributed by atoms with Crippen LogP contribution >= 0.6 is 11.6 Å². The molecule has 2 fully saturated rings. The van der Waals surface area contributed by atoms with Gasteiger partial charge in [-0.25, -0.2) is 9.37 Å². The molecule has 4 aromatic rings. The SMILES string of the molecule is C[C@H]1CN[C@H](c2ccc(-n3c(Cl)cc4c(=O)n(CC5(O)CCN(C(=O)c6cccc(F)c6)CC5)cnc43)cc2)CO1. The fourth-order valence-electron chi connectivity index (χ4n) is 5.61. The van der Waals surface area contributed by atoms with Gasteiger partial charge in [-0.05, 0) is 61.7 Å². The second kappa shape index (κ2) is 11.0. The highest BCUT2D eigenvalue weighted by atomic mass is 35.5. The summed E-state index contributed by atoms with van der Waals surface area (Å²) in [5.74, 6) is -0.757. The van der Waals surface area contributed by atoms with Crippen molar-refractivity contribution in [2.75, 3.05) is 26.2 Å². The second-order valence-electron chi connectivity index (χ2n) is 10.9. The van der Waals surface area contributed by atoms with Gasteiger partial charge in [0.1, 0.15) is 17.3 Å². The third-order valence-corrected chi connectivity index (χ3v) is 8.29. The first-order valence-corrected chi connectivity index (χ1v) is 14.1. The Morgan fingerprint density at radius 1 is 1.20 bits per heavy atom. The largest absolute Gasteiger partial charge is 0.388 e. The number of morpholine rings is 1. The van der Waals surface area contributed by atoms with E-state index in [-0.39, 0.29) is 61.7 Å². The maximum atomic E-state index is 13.6. The highest BCUT2D eigenvalue weighted by Gasteiger charge is 2.35. The number of aliphatic hydroxyl groups is 1. The van der Waals surface area contributed by atoms with E-state index < -0.39 is 11.4 Å². The van der Waals surface area contributed by atoms with Crippen molar-refractivity contribution >= 4 is 28.5 Å². The lowest BCUT2D eigenvalue weighted by Gasteiger charge is -2.38. The Balaban J connectivity index is 1.18. The highest BCUT2D eigenvalue weighted by molar-refractivity contribution is 6.31. The average molecular weight is 580 g/mol. The molecule has 6 rings (SSSR count). The Morgan fingerprint density at radius 2 is 1.95 bits per heavy atom. The molecule has 2 atom stereocenters. The number of nitrogens with one attached hydrogen (secondary N) is 1. The van der Waals surface area contributed by atoms with Crippen molar-refractivity contribution in [2.45, 2.75) is 44.1 Å². The van der Waals surface area contributed by atoms with Gasteiger partial charge in [-0.1, -0.05) is 29.8 Å². The normalized spacial score (nSPS) is 20.8. The summed E-state index contributed by atoms with van der Waals surface area (Å²) in [6.07, 6.45) is 2.16.